The standard InChI is InChI=1S/C17H20FNO.C2H5NO/c1-5-17(3,4)13-6-8-14(9-7-13)20-16-15(18)10-12(2)11-19-16;1-3-2-4/h6-11H,5H2,1-4H3;2H,1H3,(H,3,4). The van der Waals surface area contributed by atoms with Crippen molar-refractivity contribution in [3.8, 4) is 11.6 Å². The fourth-order valence-electron chi connectivity index (χ4n) is 1.89. The Hall–Kier alpha value is -2.43. The van der Waals surface area contributed by atoms with Gasteiger partial charge in [-0.25, -0.2) is 9.37 Å². The fourth-order valence-corrected chi connectivity index (χ4v) is 1.89. The molecule has 0 fully saturated rings. The molecule has 0 saturated carbocycles. The summed E-state index contributed by atoms with van der Waals surface area (Å²) in [6.07, 6.45) is 3.27. The van der Waals surface area contributed by atoms with Crippen LogP contribution in [0.1, 0.15) is 38.3 Å². The zero-order valence-electron chi connectivity index (χ0n) is 14.9. The van der Waals surface area contributed by atoms with E-state index in [1.165, 1.54) is 11.6 Å². The number of rotatable bonds is 5. The van der Waals surface area contributed by atoms with E-state index in [2.05, 4.69) is 31.1 Å². The van der Waals surface area contributed by atoms with Gasteiger partial charge in [-0.15, -0.1) is 0 Å². The van der Waals surface area contributed by atoms with Crippen LogP contribution < -0.4 is 10.1 Å². The number of aromatic nitrogens is 1. The van der Waals surface area contributed by atoms with Crippen LogP contribution in [0.4, 0.5) is 4.39 Å². The lowest BCUT2D eigenvalue weighted by Gasteiger charge is -2.23. The molecule has 0 bridgehead atoms. The molecule has 1 aromatic heterocycles. The topological polar surface area (TPSA) is 51.2 Å². The summed E-state index contributed by atoms with van der Waals surface area (Å²) in [4.78, 5) is 13.0. The molecular formula is C19H25FN2O2. The van der Waals surface area contributed by atoms with Gasteiger partial charge in [0.25, 0.3) is 5.88 Å². The monoisotopic (exact) mass is 332 g/mol. The van der Waals surface area contributed by atoms with Gasteiger partial charge in [0.05, 0.1) is 0 Å². The number of hydrogen-bond acceptors (Lipinski definition) is 3. The first-order valence-corrected chi connectivity index (χ1v) is 7.85. The Morgan fingerprint density at radius 1 is 1.29 bits per heavy atom. The summed E-state index contributed by atoms with van der Waals surface area (Å²) in [5.41, 5.74) is 2.14. The first kappa shape index (κ1) is 19.6. The molecule has 4 nitrogen and oxygen atoms in total. The molecule has 1 aromatic carbocycles. The van der Waals surface area contributed by atoms with Crippen molar-refractivity contribution < 1.29 is 13.9 Å². The number of carbonyl (C=O) groups is 1. The van der Waals surface area contributed by atoms with Gasteiger partial charge in [-0.1, -0.05) is 32.9 Å². The van der Waals surface area contributed by atoms with Crippen LogP contribution in [0.15, 0.2) is 36.5 Å². The fraction of sp³-hybridized carbons (Fsp3) is 0.368. The van der Waals surface area contributed by atoms with E-state index in [1.54, 1.807) is 20.2 Å². The normalized spacial score (nSPS) is 10.4. The third kappa shape index (κ3) is 5.65. The second-order valence-electron chi connectivity index (χ2n) is 6.07. The number of ether oxygens (including phenoxy) is 1. The third-order valence-corrected chi connectivity index (χ3v) is 3.80. The number of hydrogen-bond donors (Lipinski definition) is 1. The maximum atomic E-state index is 13.7. The number of aryl methyl sites for hydroxylation is 1. The van der Waals surface area contributed by atoms with Crippen molar-refractivity contribution in [3.63, 3.8) is 0 Å². The maximum absolute atomic E-state index is 13.7. The minimum atomic E-state index is -0.442. The summed E-state index contributed by atoms with van der Waals surface area (Å²) in [5, 5.41) is 2.25. The zero-order chi connectivity index (χ0) is 18.2. The summed E-state index contributed by atoms with van der Waals surface area (Å²) in [6, 6.07) is 9.16. The molecule has 5 heteroatoms. The van der Waals surface area contributed by atoms with Crippen molar-refractivity contribution in [2.24, 2.45) is 0 Å². The van der Waals surface area contributed by atoms with Crippen LogP contribution in [0.25, 0.3) is 0 Å². The highest BCUT2D eigenvalue weighted by Gasteiger charge is 2.17. The van der Waals surface area contributed by atoms with Crippen molar-refractivity contribution in [3.05, 3.63) is 53.5 Å². The molecule has 0 aliphatic rings. The van der Waals surface area contributed by atoms with E-state index < -0.39 is 5.82 Å². The zero-order valence-corrected chi connectivity index (χ0v) is 14.9. The third-order valence-electron chi connectivity index (χ3n) is 3.80. The Bertz CT molecular complexity index is 655. The van der Waals surface area contributed by atoms with Gasteiger partial charge in [-0.3, -0.25) is 4.79 Å². The van der Waals surface area contributed by atoms with E-state index in [9.17, 15) is 4.39 Å². The molecule has 1 heterocycles. The van der Waals surface area contributed by atoms with E-state index >= 15 is 0 Å². The molecule has 2 aromatic rings. The summed E-state index contributed by atoms with van der Waals surface area (Å²) < 4.78 is 19.2. The van der Waals surface area contributed by atoms with E-state index in [0.29, 0.717) is 12.2 Å². The maximum Gasteiger partial charge on any atom is 0.255 e. The van der Waals surface area contributed by atoms with Crippen LogP contribution in [0, 0.1) is 12.7 Å². The summed E-state index contributed by atoms with van der Waals surface area (Å²) in [5.74, 6) is 0.164. The highest BCUT2D eigenvalue weighted by atomic mass is 19.1. The van der Waals surface area contributed by atoms with E-state index in [-0.39, 0.29) is 11.3 Å². The molecule has 0 unspecified atom stereocenters. The predicted molar refractivity (Wildman–Crippen MR) is 93.9 cm³/mol. The molecule has 0 saturated heterocycles. The van der Waals surface area contributed by atoms with E-state index in [1.807, 2.05) is 24.3 Å². The molecule has 0 spiro atoms. The Labute approximate surface area is 143 Å². The summed E-state index contributed by atoms with van der Waals surface area (Å²) in [6.45, 7) is 8.35. The van der Waals surface area contributed by atoms with Crippen molar-refractivity contribution in [1.29, 1.82) is 0 Å². The van der Waals surface area contributed by atoms with Crippen LogP contribution in [-0.4, -0.2) is 18.4 Å². The first-order valence-electron chi connectivity index (χ1n) is 7.85. The molecule has 1 amide bonds. The van der Waals surface area contributed by atoms with Crippen molar-refractivity contribution in [2.45, 2.75) is 39.5 Å². The molecular weight excluding hydrogens is 307 g/mol. The first-order chi connectivity index (χ1) is 11.3. The molecule has 24 heavy (non-hydrogen) atoms. The molecule has 0 aliphatic carbocycles. The Morgan fingerprint density at radius 2 is 1.88 bits per heavy atom. The van der Waals surface area contributed by atoms with Crippen LogP contribution in [-0.2, 0) is 10.2 Å². The number of halogens is 1. The highest BCUT2D eigenvalue weighted by molar-refractivity contribution is 5.44. The predicted octanol–water partition coefficient (Wildman–Crippen LogP) is 4.37. The van der Waals surface area contributed by atoms with Gasteiger partial charge in [-0.05, 0) is 48.1 Å². The average molecular weight is 332 g/mol. The highest BCUT2D eigenvalue weighted by Crippen LogP contribution is 2.29. The quantitative estimate of drug-likeness (QED) is 0.827. The van der Waals surface area contributed by atoms with Crippen molar-refractivity contribution >= 4 is 6.41 Å². The van der Waals surface area contributed by atoms with Gasteiger partial charge in [0.1, 0.15) is 5.75 Å². The minimum Gasteiger partial charge on any atom is -0.436 e. The Morgan fingerprint density at radius 3 is 2.33 bits per heavy atom. The lowest BCUT2D eigenvalue weighted by molar-refractivity contribution is -0.109. The number of benzene rings is 1. The number of pyridine rings is 1. The SMILES string of the molecule is CCC(C)(C)c1ccc(Oc2ncc(C)cc2F)cc1.CNC=O. The van der Waals surface area contributed by atoms with Gasteiger partial charge in [0, 0.05) is 13.2 Å². The Balaban J connectivity index is 0.000000648. The van der Waals surface area contributed by atoms with Gasteiger partial charge >= 0.3 is 0 Å². The second-order valence-corrected chi connectivity index (χ2v) is 6.07. The van der Waals surface area contributed by atoms with Gasteiger partial charge in [-0.2, -0.15) is 0 Å². The van der Waals surface area contributed by atoms with Gasteiger partial charge < -0.3 is 10.1 Å². The van der Waals surface area contributed by atoms with Crippen LogP contribution in [0.5, 0.6) is 11.6 Å². The number of carbonyl (C=O) groups excluding carboxylic acids is 1. The van der Waals surface area contributed by atoms with Crippen LogP contribution in [0.3, 0.4) is 0 Å². The molecule has 0 radical (unpaired) electrons. The van der Waals surface area contributed by atoms with E-state index in [0.717, 1.165) is 12.0 Å². The second kappa shape index (κ2) is 9.01. The lowest BCUT2D eigenvalue weighted by atomic mass is 9.82. The van der Waals surface area contributed by atoms with E-state index in [4.69, 9.17) is 9.53 Å². The minimum absolute atomic E-state index is 0.0121. The van der Waals surface area contributed by atoms with Crippen LogP contribution >= 0.6 is 0 Å². The summed E-state index contributed by atoms with van der Waals surface area (Å²) in [7, 11) is 1.56. The number of nitrogens with zero attached hydrogens (tertiary/aromatic N) is 1. The largest absolute Gasteiger partial charge is 0.436 e. The smallest absolute Gasteiger partial charge is 0.255 e. The molecule has 0 aliphatic heterocycles. The van der Waals surface area contributed by atoms with Gasteiger partial charge in [0.2, 0.25) is 6.41 Å². The number of nitrogens with one attached hydrogen (secondary N) is 1. The molecule has 2 rings (SSSR count). The summed E-state index contributed by atoms with van der Waals surface area (Å²) >= 11 is 0. The van der Waals surface area contributed by atoms with Crippen molar-refractivity contribution in [1.82, 2.24) is 10.3 Å². The molecule has 0 atom stereocenters. The lowest BCUT2D eigenvalue weighted by Crippen LogP contribution is -2.14. The average Bonchev–Trinajstić information content (AvgIpc) is 2.58. The van der Waals surface area contributed by atoms with Gasteiger partial charge in [0.15, 0.2) is 5.82 Å². The Kier molecular flexibility index (Phi) is 7.36. The number of amides is 1. The molecule has 130 valence electrons. The molecule has 1 N–H and O–H groups in total. The van der Waals surface area contributed by atoms with Crippen LogP contribution in [0.2, 0.25) is 0 Å². The van der Waals surface area contributed by atoms with Crippen molar-refractivity contribution in [2.75, 3.05) is 7.05 Å².